The molecule has 1 aliphatic rings. The Morgan fingerprint density at radius 2 is 2.17 bits per heavy atom. The number of piperidine rings is 1. The Balaban J connectivity index is 1.81. The maximum absolute atomic E-state index is 11.8. The van der Waals surface area contributed by atoms with E-state index in [4.69, 9.17) is 4.74 Å². The lowest BCUT2D eigenvalue weighted by Gasteiger charge is -2.31. The lowest BCUT2D eigenvalue weighted by molar-refractivity contribution is -0.120. The van der Waals surface area contributed by atoms with Crippen molar-refractivity contribution in [2.75, 3.05) is 38.2 Å². The van der Waals surface area contributed by atoms with Crippen LogP contribution in [-0.4, -0.2) is 48.8 Å². The molecule has 0 spiro atoms. The Bertz CT molecular complexity index is 485. The van der Waals surface area contributed by atoms with Gasteiger partial charge in [-0.3, -0.25) is 9.69 Å². The normalized spacial score (nSPS) is 16.4. The average molecular weight is 320 g/mol. The minimum Gasteiger partial charge on any atom is -0.396 e. The molecule has 1 aliphatic heterocycles. The first-order chi connectivity index (χ1) is 11.2. The van der Waals surface area contributed by atoms with E-state index in [0.29, 0.717) is 19.1 Å². The Morgan fingerprint density at radius 1 is 1.39 bits per heavy atom. The van der Waals surface area contributed by atoms with Crippen LogP contribution in [0.2, 0.25) is 0 Å². The summed E-state index contributed by atoms with van der Waals surface area (Å²) in [6.07, 6.45) is 3.03. The van der Waals surface area contributed by atoms with Crippen molar-refractivity contribution in [3.8, 4) is 0 Å². The number of nitrogens with zero attached hydrogens (tertiary/aromatic N) is 1. The average Bonchev–Trinajstić information content (AvgIpc) is 2.56. The summed E-state index contributed by atoms with van der Waals surface area (Å²) < 4.78 is 5.25. The smallest absolute Gasteiger partial charge is 0.250 e. The van der Waals surface area contributed by atoms with E-state index >= 15 is 0 Å². The molecule has 0 atom stereocenters. The Morgan fingerprint density at radius 3 is 2.87 bits per heavy atom. The number of ether oxygens (including phenoxy) is 1. The maximum atomic E-state index is 11.8. The van der Waals surface area contributed by atoms with E-state index in [2.05, 4.69) is 16.3 Å². The molecule has 23 heavy (non-hydrogen) atoms. The molecule has 1 aromatic carbocycles. The van der Waals surface area contributed by atoms with Crippen molar-refractivity contribution in [1.29, 1.82) is 0 Å². The number of rotatable bonds is 8. The fourth-order valence-electron chi connectivity index (χ4n) is 2.84. The van der Waals surface area contributed by atoms with Gasteiger partial charge in [-0.05, 0) is 56.0 Å². The van der Waals surface area contributed by atoms with Crippen LogP contribution in [0, 0.1) is 5.92 Å². The third kappa shape index (κ3) is 6.29. The van der Waals surface area contributed by atoms with Gasteiger partial charge in [-0.25, -0.2) is 0 Å². The molecular formula is C18H28N2O3. The third-order valence-electron chi connectivity index (χ3n) is 4.16. The first-order valence-corrected chi connectivity index (χ1v) is 8.51. The van der Waals surface area contributed by atoms with Gasteiger partial charge in [0.2, 0.25) is 5.91 Å². The fourth-order valence-corrected chi connectivity index (χ4v) is 2.84. The first kappa shape index (κ1) is 17.9. The van der Waals surface area contributed by atoms with Gasteiger partial charge in [-0.1, -0.05) is 19.1 Å². The van der Waals surface area contributed by atoms with Gasteiger partial charge >= 0.3 is 0 Å². The molecule has 1 amide bonds. The predicted molar refractivity (Wildman–Crippen MR) is 91.3 cm³/mol. The van der Waals surface area contributed by atoms with Crippen molar-refractivity contribution in [2.45, 2.75) is 32.7 Å². The zero-order chi connectivity index (χ0) is 16.5. The summed E-state index contributed by atoms with van der Waals surface area (Å²) in [4.78, 5) is 14.2. The summed E-state index contributed by atoms with van der Waals surface area (Å²) in [5, 5.41) is 12.1. The van der Waals surface area contributed by atoms with Crippen LogP contribution in [0.1, 0.15) is 31.7 Å². The Labute approximate surface area is 138 Å². The minimum atomic E-state index is -0.112. The zero-order valence-electron chi connectivity index (χ0n) is 14.0. The van der Waals surface area contributed by atoms with Crippen molar-refractivity contribution >= 4 is 11.6 Å². The summed E-state index contributed by atoms with van der Waals surface area (Å²) in [7, 11) is 0. The molecule has 0 radical (unpaired) electrons. The van der Waals surface area contributed by atoms with E-state index in [1.165, 1.54) is 5.56 Å². The van der Waals surface area contributed by atoms with Crippen LogP contribution in [-0.2, 0) is 16.1 Å². The van der Waals surface area contributed by atoms with E-state index in [1.807, 2.05) is 25.1 Å². The van der Waals surface area contributed by atoms with Crippen LogP contribution in [0.5, 0.6) is 0 Å². The molecule has 5 nitrogen and oxygen atoms in total. The van der Waals surface area contributed by atoms with E-state index in [0.717, 1.165) is 44.6 Å². The standard InChI is InChI=1S/C18H28N2O3/c1-2-10-23-14-18(22)19-17-5-3-4-16(11-17)12-20-8-6-15(13-21)7-9-20/h3-5,11,15,21H,2,6-10,12-14H2,1H3,(H,19,22). The highest BCUT2D eigenvalue weighted by Crippen LogP contribution is 2.19. The van der Waals surface area contributed by atoms with Gasteiger partial charge < -0.3 is 15.2 Å². The molecule has 0 aromatic heterocycles. The van der Waals surface area contributed by atoms with E-state index in [1.54, 1.807) is 0 Å². The molecule has 1 saturated heterocycles. The molecule has 1 aromatic rings. The molecule has 1 fully saturated rings. The summed E-state index contributed by atoms with van der Waals surface area (Å²) in [5.41, 5.74) is 2.01. The van der Waals surface area contributed by atoms with Gasteiger partial charge in [-0.15, -0.1) is 0 Å². The number of benzene rings is 1. The number of likely N-dealkylation sites (tertiary alicyclic amines) is 1. The molecule has 0 unspecified atom stereocenters. The Hall–Kier alpha value is -1.43. The molecule has 0 saturated carbocycles. The van der Waals surface area contributed by atoms with Crippen LogP contribution in [0.3, 0.4) is 0 Å². The first-order valence-electron chi connectivity index (χ1n) is 8.51. The van der Waals surface area contributed by atoms with Gasteiger partial charge in [-0.2, -0.15) is 0 Å². The molecule has 128 valence electrons. The Kier molecular flexibility index (Phi) is 7.52. The van der Waals surface area contributed by atoms with Crippen LogP contribution >= 0.6 is 0 Å². The van der Waals surface area contributed by atoms with Gasteiger partial charge in [0.15, 0.2) is 0 Å². The zero-order valence-corrected chi connectivity index (χ0v) is 14.0. The largest absolute Gasteiger partial charge is 0.396 e. The van der Waals surface area contributed by atoms with Crippen molar-refractivity contribution in [1.82, 2.24) is 4.90 Å². The van der Waals surface area contributed by atoms with Gasteiger partial charge in [0.05, 0.1) is 0 Å². The van der Waals surface area contributed by atoms with Gasteiger partial charge in [0.25, 0.3) is 0 Å². The van der Waals surface area contributed by atoms with Crippen molar-refractivity contribution < 1.29 is 14.6 Å². The van der Waals surface area contributed by atoms with Crippen molar-refractivity contribution in [3.63, 3.8) is 0 Å². The quantitative estimate of drug-likeness (QED) is 0.721. The highest BCUT2D eigenvalue weighted by atomic mass is 16.5. The number of aliphatic hydroxyl groups is 1. The number of hydrogen-bond acceptors (Lipinski definition) is 4. The number of aliphatic hydroxyl groups excluding tert-OH is 1. The van der Waals surface area contributed by atoms with Crippen LogP contribution in [0.25, 0.3) is 0 Å². The van der Waals surface area contributed by atoms with Crippen molar-refractivity contribution in [2.24, 2.45) is 5.92 Å². The lowest BCUT2D eigenvalue weighted by atomic mass is 9.97. The number of carbonyl (C=O) groups excluding carboxylic acids is 1. The molecule has 2 N–H and O–H groups in total. The number of nitrogens with one attached hydrogen (secondary N) is 1. The highest BCUT2D eigenvalue weighted by Gasteiger charge is 2.18. The van der Waals surface area contributed by atoms with E-state index in [9.17, 15) is 9.90 Å². The number of carbonyl (C=O) groups is 1. The summed E-state index contributed by atoms with van der Waals surface area (Å²) in [5.74, 6) is 0.347. The van der Waals surface area contributed by atoms with Gasteiger partial charge in [0, 0.05) is 25.4 Å². The fraction of sp³-hybridized carbons (Fsp3) is 0.611. The molecular weight excluding hydrogens is 292 g/mol. The van der Waals surface area contributed by atoms with E-state index in [-0.39, 0.29) is 12.5 Å². The third-order valence-corrected chi connectivity index (χ3v) is 4.16. The summed E-state index contributed by atoms with van der Waals surface area (Å²) >= 11 is 0. The highest BCUT2D eigenvalue weighted by molar-refractivity contribution is 5.91. The summed E-state index contributed by atoms with van der Waals surface area (Å²) in [6.45, 7) is 5.96. The molecule has 2 rings (SSSR count). The van der Waals surface area contributed by atoms with Crippen LogP contribution < -0.4 is 5.32 Å². The number of hydrogen-bond donors (Lipinski definition) is 2. The lowest BCUT2D eigenvalue weighted by Crippen LogP contribution is -2.34. The summed E-state index contributed by atoms with van der Waals surface area (Å²) in [6, 6.07) is 7.98. The second-order valence-electron chi connectivity index (χ2n) is 6.20. The minimum absolute atomic E-state index is 0.104. The maximum Gasteiger partial charge on any atom is 0.250 e. The monoisotopic (exact) mass is 320 g/mol. The number of amides is 1. The van der Waals surface area contributed by atoms with Crippen LogP contribution in [0.15, 0.2) is 24.3 Å². The van der Waals surface area contributed by atoms with Crippen LogP contribution in [0.4, 0.5) is 5.69 Å². The van der Waals surface area contributed by atoms with Crippen molar-refractivity contribution in [3.05, 3.63) is 29.8 Å². The molecule has 0 aliphatic carbocycles. The van der Waals surface area contributed by atoms with E-state index < -0.39 is 0 Å². The molecule has 5 heteroatoms. The second kappa shape index (κ2) is 9.65. The second-order valence-corrected chi connectivity index (χ2v) is 6.20. The molecule has 1 heterocycles. The SMILES string of the molecule is CCCOCC(=O)Nc1cccc(CN2CCC(CO)CC2)c1. The number of anilines is 1. The predicted octanol–water partition coefficient (Wildman–Crippen LogP) is 2.26. The topological polar surface area (TPSA) is 61.8 Å². The van der Waals surface area contributed by atoms with Gasteiger partial charge in [0.1, 0.15) is 6.61 Å². The molecule has 0 bridgehead atoms.